The summed E-state index contributed by atoms with van der Waals surface area (Å²) in [6.07, 6.45) is 24.5. The fourth-order valence-electron chi connectivity index (χ4n) is 13.7. The van der Waals surface area contributed by atoms with E-state index in [1.165, 1.54) is 25.4 Å². The molecule has 0 unspecified atom stereocenters. The molecule has 8 heterocycles. The van der Waals surface area contributed by atoms with Gasteiger partial charge in [-0.15, -0.1) is 12.4 Å². The molecule has 2 aromatic carbocycles. The number of aromatic amines is 1. The summed E-state index contributed by atoms with van der Waals surface area (Å²) in [5, 5.41) is 90.8. The molecule has 0 spiro atoms. The molecule has 5 amide bonds. The fraction of sp³-hybridized carbons (Fsp3) is 0.516. The van der Waals surface area contributed by atoms with Crippen LogP contribution in [0.1, 0.15) is 274 Å². The molecular weight excluding hydrogens is 1940 g/mol. The number of aromatic nitrogens is 14. The molecule has 10 aromatic rings. The number of H-pyrrole nitrogens is 1. The van der Waals surface area contributed by atoms with Gasteiger partial charge in [-0.1, -0.05) is 71.0 Å². The lowest BCUT2D eigenvalue weighted by atomic mass is 9.87. The number of aldehydes is 3. The Labute approximate surface area is 845 Å². The Morgan fingerprint density at radius 2 is 0.875 bits per heavy atom. The summed E-state index contributed by atoms with van der Waals surface area (Å²) in [5.74, 6) is -0.493. The van der Waals surface area contributed by atoms with Gasteiger partial charge < -0.3 is 90.6 Å². The van der Waals surface area contributed by atoms with Gasteiger partial charge in [0.1, 0.15) is 33.8 Å². The average Bonchev–Trinajstić information content (AvgIpc) is 1.55. The number of nitrogens with one attached hydrogen (secondary N) is 6. The van der Waals surface area contributed by atoms with Crippen LogP contribution >= 0.6 is 24.6 Å². The van der Waals surface area contributed by atoms with Gasteiger partial charge in [0, 0.05) is 135 Å². The van der Waals surface area contributed by atoms with Gasteiger partial charge in [0.2, 0.25) is 0 Å². The van der Waals surface area contributed by atoms with Crippen molar-refractivity contribution in [1.29, 1.82) is 0 Å². The molecule has 16 rings (SSSR count). The number of benzene rings is 2. The molecule has 49 heteroatoms. The van der Waals surface area contributed by atoms with E-state index in [0.717, 1.165) is 113 Å². The van der Waals surface area contributed by atoms with Gasteiger partial charge in [0.25, 0.3) is 16.0 Å². The number of carboxylic acid groups (broad SMARTS) is 1. The Morgan fingerprint density at radius 1 is 0.521 bits per heavy atom. The Bertz CT molecular complexity index is 5550. The first-order valence-electron chi connectivity index (χ1n) is 45.9. The van der Waals surface area contributed by atoms with Crippen LogP contribution in [0.5, 0.6) is 0 Å². The lowest BCUT2D eigenvalue weighted by Crippen LogP contribution is -2.49. The van der Waals surface area contributed by atoms with Crippen molar-refractivity contribution in [3.05, 3.63) is 192 Å². The number of aliphatic hydroxyl groups is 4. The Balaban J connectivity index is 0.000000289. The molecule has 45 nitrogen and oxygen atoms in total. The van der Waals surface area contributed by atoms with Crippen molar-refractivity contribution in [3.8, 4) is 22.6 Å². The van der Waals surface area contributed by atoms with Crippen LogP contribution in [0.15, 0.2) is 156 Å². The smallest absolute Gasteiger partial charge is 0.407 e. The van der Waals surface area contributed by atoms with E-state index in [-0.39, 0.29) is 140 Å². The predicted octanol–water partition coefficient (Wildman–Crippen LogP) is 12.8. The minimum absolute atomic E-state index is 0. The second-order valence-electron chi connectivity index (χ2n) is 37.3. The number of alkyl carbamates (subject to hydrolysis) is 4. The fourth-order valence-corrected chi connectivity index (χ4v) is 14.3. The van der Waals surface area contributed by atoms with Crippen LogP contribution in [0, 0.1) is 0 Å². The Hall–Kier alpha value is -13.1. The van der Waals surface area contributed by atoms with Gasteiger partial charge in [0.15, 0.2) is 41.8 Å². The zero-order valence-electron chi connectivity index (χ0n) is 83.7. The van der Waals surface area contributed by atoms with Crippen molar-refractivity contribution in [3.63, 3.8) is 0 Å². The number of hydrogen-bond donors (Lipinski definition) is 12. The molecule has 0 radical (unpaired) electrons. The number of rotatable bonds is 23. The summed E-state index contributed by atoms with van der Waals surface area (Å²) >= 11 is 0.250. The van der Waals surface area contributed by atoms with Gasteiger partial charge in [-0.3, -0.25) is 56.7 Å². The highest BCUT2D eigenvalue weighted by molar-refractivity contribution is 7.93. The van der Waals surface area contributed by atoms with Crippen LogP contribution < -0.4 is 32.3 Å². The van der Waals surface area contributed by atoms with E-state index in [0.29, 0.717) is 78.2 Å². The second kappa shape index (κ2) is 59.2. The first kappa shape index (κ1) is 121. The molecule has 0 bridgehead atoms. The standard InChI is InChI=1S/C18H18N4O3.C13H21N3O3.2C13H19N3O3.C10H19NO5S.C10H7NO3.C8H13N3O.C4H4N2O.C4H8O2.CH3FS.CH4O.ClH/c23-11-12-9-19-22(10-12)15-6-14(7-15)20-18(24)16-8-17(25-21-16)13-4-2-1-3-5-13;3*1-13(2,3)19-12(18)14-10-6-11(7-10)16-5-4-9(8-17)15-16;1-10(2,3)15-9(12)11-7-5-8(6-7)16-17(4,13)14;12-10(13)8-6-9(14-11-8)7-4-2-1-3-5-7;9-6-3-8(4-6)11-2-1-7(5-12)10-11;7-3-4-1-2-5-6-4;1-3-6-4(2)5;1-3-2;1-2;/h1-5,8-10,14-15,23H,6-7,11H2,(H,20,24);4-5,10-11,17H,6-8H2,1-3H3,(H,14,18);2*4-5,8,10-11H,6-7H2,1-3H3,(H,14,18);7-8H,5-6H2,1-4H3,(H,11,12);1-6H,(H,12,13);1-2,6,8,12H,3-5,9H2;1-3H,(H,5,6);3H2,1-2H3;1H3;2H,1H3;1H. The minimum atomic E-state index is -3.41. The summed E-state index contributed by atoms with van der Waals surface area (Å²) in [4.78, 5) is 110. The van der Waals surface area contributed by atoms with Crippen molar-refractivity contribution >= 4 is 95.8 Å². The molecule has 6 aliphatic rings. The number of aromatic carboxylic acids is 1. The van der Waals surface area contributed by atoms with Crippen LogP contribution in [-0.2, 0) is 62.6 Å². The maximum atomic E-state index is 12.3. The van der Waals surface area contributed by atoms with Crippen molar-refractivity contribution in [2.45, 2.75) is 289 Å². The number of carbonyl (C=O) groups excluding carboxylic acids is 9. The average molecular weight is 2080 g/mol. The molecule has 0 atom stereocenters. The third-order valence-electron chi connectivity index (χ3n) is 20.7. The van der Waals surface area contributed by atoms with Crippen LogP contribution in [-0.4, -0.2) is 255 Å². The maximum absolute atomic E-state index is 12.3. The van der Waals surface area contributed by atoms with Gasteiger partial charge in [0.05, 0.1) is 92.3 Å². The molecular formula is C95H136ClFN20O25S2. The van der Waals surface area contributed by atoms with Crippen molar-refractivity contribution < 1.29 is 123 Å². The normalized spacial score (nSPS) is 19.5. The number of amides is 5. The summed E-state index contributed by atoms with van der Waals surface area (Å²) in [5.41, 5.74) is 9.18. The van der Waals surface area contributed by atoms with E-state index in [2.05, 4.69) is 77.3 Å². The number of carbonyl (C=O) groups is 10. The van der Waals surface area contributed by atoms with Gasteiger partial charge in [-0.05, 0) is 197 Å². The van der Waals surface area contributed by atoms with E-state index in [4.69, 9.17) is 63.4 Å². The summed E-state index contributed by atoms with van der Waals surface area (Å²) in [6.45, 7) is 25.5. The van der Waals surface area contributed by atoms with E-state index in [9.17, 15) is 60.2 Å². The number of carboxylic acids is 1. The number of aliphatic hydroxyl groups excluding tert-OH is 4. The molecule has 0 aliphatic heterocycles. The molecule has 144 heavy (non-hydrogen) atoms. The third kappa shape index (κ3) is 44.8. The second-order valence-corrected chi connectivity index (χ2v) is 39.2. The van der Waals surface area contributed by atoms with E-state index in [1.54, 1.807) is 86.0 Å². The highest BCUT2D eigenvalue weighted by atomic mass is 35.5. The van der Waals surface area contributed by atoms with Crippen LogP contribution in [0.4, 0.5) is 23.1 Å². The van der Waals surface area contributed by atoms with Gasteiger partial charge >= 0.3 is 36.3 Å². The van der Waals surface area contributed by atoms with Crippen LogP contribution in [0.2, 0.25) is 0 Å². The molecule has 6 saturated carbocycles. The number of esters is 1. The molecule has 792 valence electrons. The van der Waals surface area contributed by atoms with E-state index < -0.39 is 44.6 Å². The molecule has 6 fully saturated rings. The quantitative estimate of drug-likeness (QED) is 0.0122. The molecule has 8 aromatic heterocycles. The number of nitrogens with two attached hydrogens (primary N) is 1. The highest BCUT2D eigenvalue weighted by Crippen LogP contribution is 2.37. The number of ether oxygens (including phenoxy) is 5. The number of hydrogen-bond acceptors (Lipinski definition) is 34. The lowest BCUT2D eigenvalue weighted by Gasteiger charge is -2.36. The minimum Gasteiger partial charge on any atom is -0.476 e. The Morgan fingerprint density at radius 3 is 1.16 bits per heavy atom. The zero-order chi connectivity index (χ0) is 106. The third-order valence-corrected chi connectivity index (χ3v) is 21.3. The molecule has 6 aliphatic carbocycles. The lowest BCUT2D eigenvalue weighted by molar-refractivity contribution is -0.140. The predicted molar refractivity (Wildman–Crippen MR) is 529 cm³/mol. The van der Waals surface area contributed by atoms with Crippen molar-refractivity contribution in [2.24, 2.45) is 5.73 Å². The summed E-state index contributed by atoms with van der Waals surface area (Å²) < 4.78 is 80.9. The molecule has 0 saturated heterocycles. The van der Waals surface area contributed by atoms with Crippen molar-refractivity contribution in [2.75, 3.05) is 26.2 Å². The largest absolute Gasteiger partial charge is 0.476 e. The van der Waals surface area contributed by atoms with E-state index >= 15 is 0 Å². The summed E-state index contributed by atoms with van der Waals surface area (Å²) in [7, 11) is -2.41. The van der Waals surface area contributed by atoms with Crippen molar-refractivity contribution in [1.82, 2.24) is 96.0 Å². The topological polar surface area (TPSA) is 617 Å². The SMILES string of the molecule is CC(C)(C)OC(=O)NC1CC(OS(C)(=O)=O)C1.CC(C)(C)OC(=O)NC1CC(n2ccc(C=O)n2)C1.CC(C)(C)OC(=O)NC1CC(n2ccc(C=O)n2)C1.CC(C)(C)OC(=O)NC1CC(n2ccc(CO)n2)C1.CCOC(C)=O.CO.CSF.Cl.NC1CC(n2ccc(CO)n2)C1.O=C(NC1CC(n2cc(CO)cn2)C1)c1cc(-c2ccccc2)on1.O=C(O)c1cc(-c2ccccc2)on1.O=Cc1ccn[nH]1. The Kier molecular flexibility index (Phi) is 49.9. The van der Waals surface area contributed by atoms with Gasteiger partial charge in [-0.25, -0.2) is 24.0 Å². The van der Waals surface area contributed by atoms with Crippen LogP contribution in [0.3, 0.4) is 0 Å². The molecule has 13 N–H and O–H groups in total. The number of halogens is 2. The zero-order valence-corrected chi connectivity index (χ0v) is 86.2. The summed E-state index contributed by atoms with van der Waals surface area (Å²) in [6, 6.07) is 32.6. The number of nitrogens with zero attached hydrogens (tertiary/aromatic N) is 13. The maximum Gasteiger partial charge on any atom is 0.407 e. The van der Waals surface area contributed by atoms with Crippen LogP contribution in [0.25, 0.3) is 22.6 Å². The first-order chi connectivity index (χ1) is 67.6. The highest BCUT2D eigenvalue weighted by Gasteiger charge is 2.39. The monoisotopic (exact) mass is 2070 g/mol. The first-order valence-corrected chi connectivity index (χ1v) is 48.8. The van der Waals surface area contributed by atoms with Gasteiger partial charge in [-0.2, -0.15) is 42.9 Å². The van der Waals surface area contributed by atoms with E-state index in [1.807, 2.05) is 162 Å².